The Kier molecular flexibility index (Phi) is 3.78. The van der Waals surface area contributed by atoms with Crippen molar-refractivity contribution in [2.45, 2.75) is 24.3 Å². The van der Waals surface area contributed by atoms with E-state index < -0.39 is 12.0 Å². The Morgan fingerprint density at radius 2 is 2.16 bits per heavy atom. The van der Waals surface area contributed by atoms with E-state index in [0.29, 0.717) is 17.2 Å². The summed E-state index contributed by atoms with van der Waals surface area (Å²) in [6.07, 6.45) is 2.21. The molecule has 2 fully saturated rings. The molecule has 1 aromatic heterocycles. The summed E-state index contributed by atoms with van der Waals surface area (Å²) in [6.45, 7) is 0. The molecule has 1 saturated heterocycles. The zero-order chi connectivity index (χ0) is 13.6. The quantitative estimate of drug-likeness (QED) is 0.781. The normalized spacial score (nSPS) is 26.7. The van der Waals surface area contributed by atoms with Crippen LogP contribution in [0.1, 0.15) is 23.2 Å². The fourth-order valence-electron chi connectivity index (χ4n) is 2.29. The number of carbonyl (C=O) groups is 2. The molecule has 0 aromatic carbocycles. The molecular weight excluding hydrogens is 397 g/mol. The summed E-state index contributed by atoms with van der Waals surface area (Å²) in [5.41, 5.74) is 0.619. The lowest BCUT2D eigenvalue weighted by Crippen LogP contribution is -2.46. The third-order valence-corrected chi connectivity index (χ3v) is 6.64. The fourth-order valence-corrected chi connectivity index (χ4v) is 5.24. The first-order valence-corrected chi connectivity index (χ1v) is 8.99. The second-order valence-electron chi connectivity index (χ2n) is 4.77. The number of amides is 1. The van der Waals surface area contributed by atoms with Gasteiger partial charge < -0.3 is 10.0 Å². The van der Waals surface area contributed by atoms with Gasteiger partial charge in [0.05, 0.1) is 13.8 Å². The SMILES string of the molecule is O=C(O)C1CSC(C2CC2)N1C(=O)c1csc(I)c1. The van der Waals surface area contributed by atoms with Gasteiger partial charge in [0.2, 0.25) is 0 Å². The maximum atomic E-state index is 12.6. The zero-order valence-electron chi connectivity index (χ0n) is 9.91. The largest absolute Gasteiger partial charge is 0.480 e. The van der Waals surface area contributed by atoms with E-state index in [1.165, 1.54) is 11.3 Å². The molecule has 3 rings (SSSR count). The summed E-state index contributed by atoms with van der Waals surface area (Å²) < 4.78 is 1.04. The van der Waals surface area contributed by atoms with Crippen molar-refractivity contribution in [3.05, 3.63) is 19.9 Å². The molecule has 4 nitrogen and oxygen atoms in total. The zero-order valence-corrected chi connectivity index (χ0v) is 13.7. The number of thiophene rings is 1. The van der Waals surface area contributed by atoms with E-state index in [-0.39, 0.29) is 11.3 Å². The Hall–Kier alpha value is -0.280. The minimum atomic E-state index is -0.895. The lowest BCUT2D eigenvalue weighted by atomic mass is 10.2. The Bertz CT molecular complexity index is 529. The van der Waals surface area contributed by atoms with Gasteiger partial charge in [0.1, 0.15) is 6.04 Å². The summed E-state index contributed by atoms with van der Waals surface area (Å²) in [4.78, 5) is 25.5. The first-order chi connectivity index (χ1) is 9.08. The molecule has 1 amide bonds. The highest BCUT2D eigenvalue weighted by molar-refractivity contribution is 14.1. The standard InChI is InChI=1S/C12H12INO3S2/c13-9-3-7(4-18-9)10(15)14-8(12(16)17)5-19-11(14)6-1-2-6/h3-4,6,8,11H,1-2,5H2,(H,16,17). The van der Waals surface area contributed by atoms with Gasteiger partial charge in [0.15, 0.2) is 0 Å². The van der Waals surface area contributed by atoms with Crippen LogP contribution in [0.2, 0.25) is 0 Å². The number of hydrogen-bond acceptors (Lipinski definition) is 4. The van der Waals surface area contributed by atoms with Crippen LogP contribution in [0.15, 0.2) is 11.4 Å². The Morgan fingerprint density at radius 1 is 1.42 bits per heavy atom. The number of carboxylic acids is 1. The molecule has 0 bridgehead atoms. The van der Waals surface area contributed by atoms with Crippen molar-refractivity contribution in [1.29, 1.82) is 0 Å². The van der Waals surface area contributed by atoms with Crippen LogP contribution < -0.4 is 0 Å². The van der Waals surface area contributed by atoms with Crippen molar-refractivity contribution < 1.29 is 14.7 Å². The Balaban J connectivity index is 1.88. The third kappa shape index (κ3) is 2.64. The smallest absolute Gasteiger partial charge is 0.327 e. The van der Waals surface area contributed by atoms with E-state index in [1.54, 1.807) is 16.7 Å². The summed E-state index contributed by atoms with van der Waals surface area (Å²) in [5.74, 6) is -0.0397. The van der Waals surface area contributed by atoms with Crippen molar-refractivity contribution in [3.8, 4) is 0 Å². The highest BCUT2D eigenvalue weighted by Gasteiger charge is 2.48. The second kappa shape index (κ2) is 5.25. The van der Waals surface area contributed by atoms with Crippen molar-refractivity contribution in [1.82, 2.24) is 4.90 Å². The van der Waals surface area contributed by atoms with E-state index in [2.05, 4.69) is 22.6 Å². The van der Waals surface area contributed by atoms with Crippen molar-refractivity contribution in [3.63, 3.8) is 0 Å². The van der Waals surface area contributed by atoms with Gasteiger partial charge in [-0.25, -0.2) is 4.79 Å². The van der Waals surface area contributed by atoms with Crippen LogP contribution in [0.4, 0.5) is 0 Å². The van der Waals surface area contributed by atoms with Gasteiger partial charge in [-0.2, -0.15) is 0 Å². The molecule has 1 N–H and O–H groups in total. The molecule has 2 atom stereocenters. The number of aliphatic carboxylic acids is 1. The van der Waals surface area contributed by atoms with Crippen LogP contribution >= 0.6 is 45.7 Å². The van der Waals surface area contributed by atoms with Gasteiger partial charge in [-0.05, 0) is 47.4 Å². The van der Waals surface area contributed by atoms with Gasteiger partial charge in [-0.15, -0.1) is 23.1 Å². The van der Waals surface area contributed by atoms with Crippen LogP contribution in [0.5, 0.6) is 0 Å². The molecular formula is C12H12INO3S2. The van der Waals surface area contributed by atoms with Gasteiger partial charge in [-0.3, -0.25) is 4.79 Å². The van der Waals surface area contributed by atoms with Crippen LogP contribution in [-0.4, -0.2) is 39.1 Å². The first kappa shape index (κ1) is 13.7. The number of carboxylic acid groups (broad SMARTS) is 1. The highest BCUT2D eigenvalue weighted by Crippen LogP contribution is 2.46. The van der Waals surface area contributed by atoms with E-state index in [9.17, 15) is 14.7 Å². The lowest BCUT2D eigenvalue weighted by Gasteiger charge is -2.27. The monoisotopic (exact) mass is 409 g/mol. The van der Waals surface area contributed by atoms with Crippen molar-refractivity contribution >= 4 is 57.6 Å². The molecule has 0 radical (unpaired) electrons. The lowest BCUT2D eigenvalue weighted by molar-refractivity contribution is -0.141. The molecule has 2 heterocycles. The van der Waals surface area contributed by atoms with Gasteiger partial charge >= 0.3 is 5.97 Å². The van der Waals surface area contributed by atoms with E-state index in [0.717, 1.165) is 15.7 Å². The number of nitrogens with zero attached hydrogens (tertiary/aromatic N) is 1. The summed E-state index contributed by atoms with van der Waals surface area (Å²) in [7, 11) is 0. The minimum absolute atomic E-state index is 0.0474. The van der Waals surface area contributed by atoms with Crippen LogP contribution in [0.3, 0.4) is 0 Å². The van der Waals surface area contributed by atoms with Crippen LogP contribution in [0.25, 0.3) is 0 Å². The van der Waals surface area contributed by atoms with E-state index >= 15 is 0 Å². The Morgan fingerprint density at radius 3 is 2.68 bits per heavy atom. The topological polar surface area (TPSA) is 57.6 Å². The summed E-state index contributed by atoms with van der Waals surface area (Å²) >= 11 is 5.30. The maximum Gasteiger partial charge on any atom is 0.327 e. The minimum Gasteiger partial charge on any atom is -0.480 e. The number of rotatable bonds is 3. The second-order valence-corrected chi connectivity index (χ2v) is 8.72. The summed E-state index contributed by atoms with van der Waals surface area (Å²) in [6, 6.07) is 1.15. The van der Waals surface area contributed by atoms with Crippen molar-refractivity contribution in [2.24, 2.45) is 5.92 Å². The molecule has 1 aromatic rings. The predicted octanol–water partition coefficient (Wildman–Crippen LogP) is 2.73. The van der Waals surface area contributed by atoms with Gasteiger partial charge in [0, 0.05) is 11.1 Å². The van der Waals surface area contributed by atoms with Crippen LogP contribution in [0, 0.1) is 8.80 Å². The first-order valence-electron chi connectivity index (χ1n) is 5.99. The molecule has 7 heteroatoms. The molecule has 2 aliphatic rings. The molecule has 1 saturated carbocycles. The number of halogens is 1. The summed E-state index contributed by atoms with van der Waals surface area (Å²) in [5, 5.41) is 11.2. The fraction of sp³-hybridized carbons (Fsp3) is 0.500. The maximum absolute atomic E-state index is 12.6. The van der Waals surface area contributed by atoms with Gasteiger partial charge in [-0.1, -0.05) is 0 Å². The third-order valence-electron chi connectivity index (χ3n) is 3.39. The molecule has 0 spiro atoms. The molecule has 1 aliphatic heterocycles. The molecule has 102 valence electrons. The average molecular weight is 409 g/mol. The van der Waals surface area contributed by atoms with E-state index in [4.69, 9.17) is 0 Å². The number of thioether (sulfide) groups is 1. The molecule has 1 aliphatic carbocycles. The molecule has 2 unspecified atom stereocenters. The average Bonchev–Trinajstić information content (AvgIpc) is 2.96. The highest BCUT2D eigenvalue weighted by atomic mass is 127. The van der Waals surface area contributed by atoms with Gasteiger partial charge in [0.25, 0.3) is 5.91 Å². The number of hydrogen-bond donors (Lipinski definition) is 1. The van der Waals surface area contributed by atoms with E-state index in [1.807, 2.05) is 11.4 Å². The van der Waals surface area contributed by atoms with Crippen LogP contribution in [-0.2, 0) is 4.79 Å². The molecule has 19 heavy (non-hydrogen) atoms. The number of carbonyl (C=O) groups excluding carboxylic acids is 1. The predicted molar refractivity (Wildman–Crippen MR) is 83.6 cm³/mol. The Labute approximate surface area is 132 Å². The van der Waals surface area contributed by atoms with Crippen molar-refractivity contribution in [2.75, 3.05) is 5.75 Å².